The second-order valence-electron chi connectivity index (χ2n) is 2.32. The van der Waals surface area contributed by atoms with Gasteiger partial charge < -0.3 is 0 Å². The van der Waals surface area contributed by atoms with Crippen LogP contribution in [0.25, 0.3) is 0 Å². The fourth-order valence-electron chi connectivity index (χ4n) is 0.993. The molecule has 44 valence electrons. The van der Waals surface area contributed by atoms with Crippen molar-refractivity contribution in [1.82, 2.24) is 0 Å². The molecule has 1 fully saturated rings. The molecule has 0 nitrogen and oxygen atoms in total. The standard InChI is InChI=1S/C6H11BS/c7-4-6-2-1-3-8-5-6/h6H,1-5H2. The average Bonchev–Trinajstić information content (AvgIpc) is 1.90. The second-order valence-corrected chi connectivity index (χ2v) is 3.47. The summed E-state index contributed by atoms with van der Waals surface area (Å²) in [5, 5.41) is 0. The molecule has 0 aromatic carbocycles. The lowest BCUT2D eigenvalue weighted by atomic mass is 9.89. The Labute approximate surface area is 56.8 Å². The smallest absolute Gasteiger partial charge is 0.0657 e. The van der Waals surface area contributed by atoms with Crippen molar-refractivity contribution >= 4 is 19.6 Å². The Balaban J connectivity index is 2.13. The van der Waals surface area contributed by atoms with Crippen LogP contribution in [0, 0.1) is 5.92 Å². The molecule has 1 aliphatic rings. The molecule has 2 radical (unpaired) electrons. The van der Waals surface area contributed by atoms with Gasteiger partial charge in [0.05, 0.1) is 7.85 Å². The van der Waals surface area contributed by atoms with E-state index in [1.54, 1.807) is 0 Å². The van der Waals surface area contributed by atoms with Gasteiger partial charge in [0.2, 0.25) is 0 Å². The van der Waals surface area contributed by atoms with Crippen molar-refractivity contribution in [2.75, 3.05) is 11.5 Å². The van der Waals surface area contributed by atoms with E-state index in [1.807, 2.05) is 11.8 Å². The molecule has 1 atom stereocenters. The highest BCUT2D eigenvalue weighted by Crippen LogP contribution is 2.23. The van der Waals surface area contributed by atoms with Crippen molar-refractivity contribution in [2.45, 2.75) is 19.2 Å². The van der Waals surface area contributed by atoms with Gasteiger partial charge in [0, 0.05) is 0 Å². The Bertz CT molecular complexity index is 59.5. The fourth-order valence-corrected chi connectivity index (χ4v) is 2.17. The van der Waals surface area contributed by atoms with Gasteiger partial charge in [0.25, 0.3) is 0 Å². The molecular weight excluding hydrogens is 115 g/mol. The predicted octanol–water partition coefficient (Wildman–Crippen LogP) is 1.72. The van der Waals surface area contributed by atoms with Crippen LogP contribution in [0.3, 0.4) is 0 Å². The molecule has 0 bridgehead atoms. The first-order valence-corrected chi connectivity index (χ1v) is 4.37. The topological polar surface area (TPSA) is 0 Å². The summed E-state index contributed by atoms with van der Waals surface area (Å²) in [6.45, 7) is 0. The third kappa shape index (κ3) is 1.73. The van der Waals surface area contributed by atoms with Crippen molar-refractivity contribution in [3.63, 3.8) is 0 Å². The summed E-state index contributed by atoms with van der Waals surface area (Å²) >= 11 is 2.05. The Morgan fingerprint density at radius 1 is 1.62 bits per heavy atom. The van der Waals surface area contributed by atoms with Crippen LogP contribution >= 0.6 is 11.8 Å². The zero-order valence-electron chi connectivity index (χ0n) is 5.10. The fraction of sp³-hybridized carbons (Fsp3) is 1.00. The van der Waals surface area contributed by atoms with Crippen LogP contribution in [0.4, 0.5) is 0 Å². The van der Waals surface area contributed by atoms with Crippen molar-refractivity contribution in [2.24, 2.45) is 5.92 Å². The maximum Gasteiger partial charge on any atom is 0.0657 e. The Morgan fingerprint density at radius 3 is 2.88 bits per heavy atom. The summed E-state index contributed by atoms with van der Waals surface area (Å²) in [7, 11) is 5.49. The first-order valence-electron chi connectivity index (χ1n) is 3.21. The van der Waals surface area contributed by atoms with Gasteiger partial charge in [-0.25, -0.2) is 0 Å². The largest absolute Gasteiger partial charge is 0.162 e. The molecule has 0 aromatic rings. The number of rotatable bonds is 1. The SMILES string of the molecule is [B]CC1CCCSC1. The first kappa shape index (κ1) is 6.53. The third-order valence-electron chi connectivity index (χ3n) is 1.59. The molecule has 1 aliphatic heterocycles. The van der Waals surface area contributed by atoms with Crippen LogP contribution in [0.1, 0.15) is 12.8 Å². The van der Waals surface area contributed by atoms with Gasteiger partial charge in [-0.1, -0.05) is 6.32 Å². The summed E-state index contributed by atoms with van der Waals surface area (Å²) < 4.78 is 0. The summed E-state index contributed by atoms with van der Waals surface area (Å²) in [5.41, 5.74) is 0. The number of thioether (sulfide) groups is 1. The van der Waals surface area contributed by atoms with Gasteiger partial charge in [0.1, 0.15) is 0 Å². The third-order valence-corrected chi connectivity index (χ3v) is 2.87. The monoisotopic (exact) mass is 126 g/mol. The van der Waals surface area contributed by atoms with Crippen molar-refractivity contribution in [1.29, 1.82) is 0 Å². The van der Waals surface area contributed by atoms with E-state index in [4.69, 9.17) is 7.85 Å². The molecule has 1 unspecified atom stereocenters. The van der Waals surface area contributed by atoms with Gasteiger partial charge in [-0.15, -0.1) is 0 Å². The molecule has 0 N–H and O–H groups in total. The molecule has 0 amide bonds. The Kier molecular flexibility index (Phi) is 2.81. The van der Waals surface area contributed by atoms with Crippen molar-refractivity contribution < 1.29 is 0 Å². The summed E-state index contributed by atoms with van der Waals surface area (Å²) in [5.74, 6) is 3.49. The summed E-state index contributed by atoms with van der Waals surface area (Å²) in [4.78, 5) is 0. The zero-order chi connectivity index (χ0) is 5.82. The van der Waals surface area contributed by atoms with E-state index in [9.17, 15) is 0 Å². The van der Waals surface area contributed by atoms with Crippen LogP contribution in [0.5, 0.6) is 0 Å². The summed E-state index contributed by atoms with van der Waals surface area (Å²) in [6.07, 6.45) is 3.64. The van der Waals surface area contributed by atoms with Gasteiger partial charge in [0.15, 0.2) is 0 Å². The van der Waals surface area contributed by atoms with Crippen LogP contribution < -0.4 is 0 Å². The van der Waals surface area contributed by atoms with E-state index in [0.29, 0.717) is 0 Å². The molecule has 2 heteroatoms. The van der Waals surface area contributed by atoms with E-state index in [2.05, 4.69) is 0 Å². The van der Waals surface area contributed by atoms with Gasteiger partial charge in [-0.3, -0.25) is 0 Å². The lowest BCUT2D eigenvalue weighted by Crippen LogP contribution is -2.08. The van der Waals surface area contributed by atoms with E-state index < -0.39 is 0 Å². The highest BCUT2D eigenvalue weighted by Gasteiger charge is 2.09. The Morgan fingerprint density at radius 2 is 2.50 bits per heavy atom. The summed E-state index contributed by atoms with van der Waals surface area (Å²) in [6, 6.07) is 0. The minimum absolute atomic E-state index is 0.828. The lowest BCUT2D eigenvalue weighted by molar-refractivity contribution is 0.573. The Hall–Kier alpha value is 0.415. The van der Waals surface area contributed by atoms with E-state index >= 15 is 0 Å². The zero-order valence-corrected chi connectivity index (χ0v) is 5.91. The molecule has 8 heavy (non-hydrogen) atoms. The maximum absolute atomic E-state index is 5.49. The van der Waals surface area contributed by atoms with Crippen LogP contribution in [0.2, 0.25) is 6.32 Å². The predicted molar refractivity (Wildman–Crippen MR) is 40.6 cm³/mol. The number of hydrogen-bond acceptors (Lipinski definition) is 1. The van der Waals surface area contributed by atoms with E-state index in [1.165, 1.54) is 24.3 Å². The van der Waals surface area contributed by atoms with Crippen LogP contribution in [-0.4, -0.2) is 19.4 Å². The maximum atomic E-state index is 5.49. The quantitative estimate of drug-likeness (QED) is 0.482. The number of hydrogen-bond donors (Lipinski definition) is 0. The highest BCUT2D eigenvalue weighted by atomic mass is 32.2. The molecule has 1 rings (SSSR count). The molecule has 1 saturated heterocycles. The van der Waals surface area contributed by atoms with Gasteiger partial charge >= 0.3 is 0 Å². The van der Waals surface area contributed by atoms with Crippen molar-refractivity contribution in [3.05, 3.63) is 0 Å². The second kappa shape index (κ2) is 3.44. The van der Waals surface area contributed by atoms with Gasteiger partial charge in [-0.2, -0.15) is 11.8 Å². The average molecular weight is 126 g/mol. The lowest BCUT2D eigenvalue weighted by Gasteiger charge is -2.18. The van der Waals surface area contributed by atoms with Crippen LogP contribution in [-0.2, 0) is 0 Å². The first-order chi connectivity index (χ1) is 3.93. The van der Waals surface area contributed by atoms with E-state index in [0.717, 1.165) is 12.2 Å². The molecule has 1 heterocycles. The minimum atomic E-state index is 0.828. The molecule has 0 saturated carbocycles. The molecule has 0 aromatic heterocycles. The highest BCUT2D eigenvalue weighted by molar-refractivity contribution is 7.99. The molecule has 0 aliphatic carbocycles. The molecule has 0 spiro atoms. The minimum Gasteiger partial charge on any atom is -0.162 e. The van der Waals surface area contributed by atoms with Crippen molar-refractivity contribution in [3.8, 4) is 0 Å². The molecular formula is C6H11BS. The van der Waals surface area contributed by atoms with E-state index in [-0.39, 0.29) is 0 Å². The van der Waals surface area contributed by atoms with Crippen LogP contribution in [0.15, 0.2) is 0 Å². The normalized spacial score (nSPS) is 30.2. The van der Waals surface area contributed by atoms with Gasteiger partial charge in [-0.05, 0) is 30.3 Å².